The molecule has 1 aromatic rings. The molecular weight excluding hydrogens is 194 g/mol. The molecule has 0 saturated heterocycles. The number of fused-ring (bicyclic) bond motifs is 1. The molecule has 14 heavy (non-hydrogen) atoms. The Morgan fingerprint density at radius 1 is 1.36 bits per heavy atom. The first-order valence-corrected chi connectivity index (χ1v) is 5.25. The van der Waals surface area contributed by atoms with Crippen LogP contribution in [0.15, 0.2) is 35.4 Å². The Bertz CT molecular complexity index is 328. The van der Waals surface area contributed by atoms with Gasteiger partial charge in [-0.2, -0.15) is 0 Å². The fourth-order valence-electron chi connectivity index (χ4n) is 1.79. The van der Waals surface area contributed by atoms with E-state index in [1.165, 1.54) is 11.1 Å². The number of benzene rings is 1. The molecule has 74 valence electrons. The molecule has 0 aliphatic carbocycles. The van der Waals surface area contributed by atoms with Gasteiger partial charge in [0.05, 0.1) is 0 Å². The van der Waals surface area contributed by atoms with Gasteiger partial charge in [0.1, 0.15) is 0 Å². The minimum atomic E-state index is 0.876. The maximum absolute atomic E-state index is 5.80. The predicted molar refractivity (Wildman–Crippen MR) is 60.2 cm³/mol. The molecular formula is C12H14ClN. The maximum Gasteiger partial charge on any atom is 0.0243 e. The van der Waals surface area contributed by atoms with Crippen LogP contribution in [0.25, 0.3) is 0 Å². The van der Waals surface area contributed by atoms with Crippen LogP contribution in [0.5, 0.6) is 0 Å². The van der Waals surface area contributed by atoms with E-state index >= 15 is 0 Å². The fraction of sp³-hybridized carbons (Fsp3) is 0.333. The number of halogens is 1. The van der Waals surface area contributed by atoms with Gasteiger partial charge < -0.3 is 0 Å². The molecule has 0 fully saturated rings. The van der Waals surface area contributed by atoms with E-state index in [-0.39, 0.29) is 0 Å². The molecule has 0 radical (unpaired) electrons. The van der Waals surface area contributed by atoms with Gasteiger partial charge in [0.25, 0.3) is 0 Å². The van der Waals surface area contributed by atoms with Crippen LogP contribution >= 0.6 is 11.6 Å². The van der Waals surface area contributed by atoms with Gasteiger partial charge in [-0.15, -0.1) is 0 Å². The number of hydrogen-bond donors (Lipinski definition) is 0. The van der Waals surface area contributed by atoms with E-state index in [1.54, 1.807) is 0 Å². The zero-order valence-corrected chi connectivity index (χ0v) is 9.09. The van der Waals surface area contributed by atoms with Crippen LogP contribution in [-0.2, 0) is 13.1 Å². The lowest BCUT2D eigenvalue weighted by Gasteiger charge is -2.11. The van der Waals surface area contributed by atoms with Gasteiger partial charge in [0.2, 0.25) is 0 Å². The van der Waals surface area contributed by atoms with Gasteiger partial charge in [-0.25, -0.2) is 0 Å². The number of nitrogens with zero attached hydrogens (tertiary/aromatic N) is 1. The summed E-state index contributed by atoms with van der Waals surface area (Å²) in [6.45, 7) is 4.97. The van der Waals surface area contributed by atoms with E-state index in [0.29, 0.717) is 0 Å². The van der Waals surface area contributed by atoms with Crippen LogP contribution < -0.4 is 0 Å². The summed E-state index contributed by atoms with van der Waals surface area (Å²) in [4.78, 5) is 2.39. The van der Waals surface area contributed by atoms with E-state index in [2.05, 4.69) is 35.2 Å². The standard InChI is InChI=1S/C12H14ClN/c1-10(13)6-7-14-8-11-4-2-3-5-12(11)9-14/h2-6H,7-9H2,1H3/b10-6-. The minimum Gasteiger partial charge on any atom is -0.291 e. The summed E-state index contributed by atoms with van der Waals surface area (Å²) in [6, 6.07) is 8.61. The molecule has 0 spiro atoms. The third-order valence-corrected chi connectivity index (χ3v) is 2.69. The molecule has 0 N–H and O–H groups in total. The van der Waals surface area contributed by atoms with E-state index < -0.39 is 0 Å². The van der Waals surface area contributed by atoms with Gasteiger partial charge in [-0.3, -0.25) is 4.90 Å². The van der Waals surface area contributed by atoms with E-state index in [1.807, 2.05) is 6.92 Å². The topological polar surface area (TPSA) is 3.24 Å². The highest BCUT2D eigenvalue weighted by molar-refractivity contribution is 6.29. The zero-order valence-electron chi connectivity index (χ0n) is 8.33. The third-order valence-electron chi connectivity index (χ3n) is 2.54. The van der Waals surface area contributed by atoms with Gasteiger partial charge >= 0.3 is 0 Å². The Morgan fingerprint density at radius 2 is 1.93 bits per heavy atom. The van der Waals surface area contributed by atoms with Crippen LogP contribution in [0, 0.1) is 0 Å². The lowest BCUT2D eigenvalue weighted by Crippen LogP contribution is -2.15. The Kier molecular flexibility index (Phi) is 2.90. The van der Waals surface area contributed by atoms with Crippen molar-refractivity contribution >= 4 is 11.6 Å². The molecule has 1 heterocycles. The first-order valence-electron chi connectivity index (χ1n) is 4.87. The summed E-state index contributed by atoms with van der Waals surface area (Å²) in [5, 5.41) is 0.876. The van der Waals surface area contributed by atoms with Crippen molar-refractivity contribution in [3.63, 3.8) is 0 Å². The molecule has 0 aromatic heterocycles. The fourth-order valence-corrected chi connectivity index (χ4v) is 1.86. The highest BCUT2D eigenvalue weighted by Gasteiger charge is 2.16. The molecule has 1 aliphatic heterocycles. The number of hydrogen-bond acceptors (Lipinski definition) is 1. The first kappa shape index (κ1) is 9.75. The summed E-state index contributed by atoms with van der Waals surface area (Å²) in [5.74, 6) is 0. The summed E-state index contributed by atoms with van der Waals surface area (Å²) >= 11 is 5.80. The summed E-state index contributed by atoms with van der Waals surface area (Å²) in [7, 11) is 0. The average molecular weight is 208 g/mol. The molecule has 1 aromatic carbocycles. The van der Waals surface area contributed by atoms with Crippen molar-refractivity contribution in [2.45, 2.75) is 20.0 Å². The minimum absolute atomic E-state index is 0.876. The van der Waals surface area contributed by atoms with Gasteiger partial charge in [0, 0.05) is 24.7 Å². The smallest absolute Gasteiger partial charge is 0.0243 e. The molecule has 1 nitrogen and oxygen atoms in total. The summed E-state index contributed by atoms with van der Waals surface area (Å²) < 4.78 is 0. The lowest BCUT2D eigenvalue weighted by atomic mass is 10.1. The molecule has 0 unspecified atom stereocenters. The van der Waals surface area contributed by atoms with E-state index in [4.69, 9.17) is 11.6 Å². The molecule has 0 amide bonds. The molecule has 0 bridgehead atoms. The van der Waals surface area contributed by atoms with Crippen molar-refractivity contribution in [1.29, 1.82) is 0 Å². The highest BCUT2D eigenvalue weighted by atomic mass is 35.5. The molecule has 2 heteroatoms. The van der Waals surface area contributed by atoms with Gasteiger partial charge in [-0.1, -0.05) is 41.9 Å². The summed E-state index contributed by atoms with van der Waals surface area (Å²) in [5.41, 5.74) is 2.90. The molecule has 2 rings (SSSR count). The average Bonchev–Trinajstić information content (AvgIpc) is 2.57. The van der Waals surface area contributed by atoms with Crippen LogP contribution in [0.4, 0.5) is 0 Å². The largest absolute Gasteiger partial charge is 0.291 e. The number of rotatable bonds is 2. The van der Waals surface area contributed by atoms with Crippen molar-refractivity contribution in [3.05, 3.63) is 46.5 Å². The van der Waals surface area contributed by atoms with Crippen molar-refractivity contribution in [2.75, 3.05) is 6.54 Å². The second-order valence-corrected chi connectivity index (χ2v) is 4.33. The monoisotopic (exact) mass is 207 g/mol. The summed E-state index contributed by atoms with van der Waals surface area (Å²) in [6.07, 6.45) is 2.06. The predicted octanol–water partition coefficient (Wildman–Crippen LogP) is 3.14. The molecule has 0 atom stereocenters. The zero-order chi connectivity index (χ0) is 9.97. The maximum atomic E-state index is 5.80. The van der Waals surface area contributed by atoms with Gasteiger partial charge in [-0.05, 0) is 18.1 Å². The van der Waals surface area contributed by atoms with E-state index in [9.17, 15) is 0 Å². The highest BCUT2D eigenvalue weighted by Crippen LogP contribution is 2.21. The van der Waals surface area contributed by atoms with Crippen molar-refractivity contribution < 1.29 is 0 Å². The molecule has 1 aliphatic rings. The van der Waals surface area contributed by atoms with Crippen molar-refractivity contribution in [2.24, 2.45) is 0 Å². The Hall–Kier alpha value is -0.790. The van der Waals surface area contributed by atoms with Gasteiger partial charge in [0.15, 0.2) is 0 Å². The van der Waals surface area contributed by atoms with E-state index in [0.717, 1.165) is 24.7 Å². The first-order chi connectivity index (χ1) is 6.75. The SMILES string of the molecule is C/C(Cl)=C/CN1Cc2ccccc2C1. The number of allylic oxidation sites excluding steroid dienone is 1. The van der Waals surface area contributed by atoms with Crippen molar-refractivity contribution in [1.82, 2.24) is 4.90 Å². The second-order valence-electron chi connectivity index (χ2n) is 3.73. The second kappa shape index (κ2) is 4.16. The molecule has 0 saturated carbocycles. The quantitative estimate of drug-likeness (QED) is 0.720. The third kappa shape index (κ3) is 2.17. The Balaban J connectivity index is 2.02. The normalized spacial score (nSPS) is 17.1. The van der Waals surface area contributed by atoms with Crippen LogP contribution in [0.2, 0.25) is 0 Å². The van der Waals surface area contributed by atoms with Crippen LogP contribution in [0.1, 0.15) is 18.1 Å². The Labute approximate surface area is 90.0 Å². The van der Waals surface area contributed by atoms with Crippen LogP contribution in [-0.4, -0.2) is 11.4 Å². The lowest BCUT2D eigenvalue weighted by molar-refractivity contribution is 0.316. The Morgan fingerprint density at radius 3 is 2.43 bits per heavy atom. The van der Waals surface area contributed by atoms with Crippen molar-refractivity contribution in [3.8, 4) is 0 Å². The van der Waals surface area contributed by atoms with Crippen LogP contribution in [0.3, 0.4) is 0 Å².